The molecule has 0 saturated heterocycles. The number of nitrogens with one attached hydrogen (secondary N) is 1. The van der Waals surface area contributed by atoms with Gasteiger partial charge in [0.1, 0.15) is 0 Å². The van der Waals surface area contributed by atoms with Crippen LogP contribution in [-0.2, 0) is 6.54 Å². The third-order valence-electron chi connectivity index (χ3n) is 3.48. The molecule has 102 valence electrons. The zero-order valence-corrected chi connectivity index (χ0v) is 13.7. The Morgan fingerprint density at radius 1 is 1.10 bits per heavy atom. The summed E-state index contributed by atoms with van der Waals surface area (Å²) in [6, 6.07) is 17.7. The Kier molecular flexibility index (Phi) is 4.20. The maximum Gasteiger partial charge on any atom is 0.0305 e. The summed E-state index contributed by atoms with van der Waals surface area (Å²) in [5.74, 6) is 0. The highest BCUT2D eigenvalue weighted by Crippen LogP contribution is 2.22. The van der Waals surface area contributed by atoms with Crippen molar-refractivity contribution in [1.82, 2.24) is 5.32 Å². The maximum absolute atomic E-state index is 3.58. The number of thiophene rings is 1. The molecule has 3 aromatic rings. The predicted molar refractivity (Wildman–Crippen MR) is 91.2 cm³/mol. The van der Waals surface area contributed by atoms with Crippen molar-refractivity contribution in [3.8, 4) is 0 Å². The van der Waals surface area contributed by atoms with Crippen molar-refractivity contribution < 1.29 is 0 Å². The van der Waals surface area contributed by atoms with E-state index in [4.69, 9.17) is 0 Å². The van der Waals surface area contributed by atoms with Crippen molar-refractivity contribution in [3.05, 3.63) is 68.8 Å². The molecule has 1 aromatic heterocycles. The molecule has 3 rings (SSSR count). The van der Waals surface area contributed by atoms with Gasteiger partial charge in [0.15, 0.2) is 0 Å². The van der Waals surface area contributed by atoms with Gasteiger partial charge < -0.3 is 5.32 Å². The van der Waals surface area contributed by atoms with Crippen LogP contribution in [0.1, 0.15) is 23.4 Å². The number of hydrogen-bond donors (Lipinski definition) is 1. The fourth-order valence-electron chi connectivity index (χ4n) is 2.30. The van der Waals surface area contributed by atoms with Crippen LogP contribution in [0.4, 0.5) is 0 Å². The van der Waals surface area contributed by atoms with Gasteiger partial charge in [0, 0.05) is 27.3 Å². The number of fused-ring (bicyclic) bond motifs is 1. The summed E-state index contributed by atoms with van der Waals surface area (Å²) >= 11 is 5.27. The van der Waals surface area contributed by atoms with Gasteiger partial charge in [-0.2, -0.15) is 0 Å². The van der Waals surface area contributed by atoms with Crippen LogP contribution in [0.25, 0.3) is 10.8 Å². The van der Waals surface area contributed by atoms with Gasteiger partial charge in [-0.15, -0.1) is 11.3 Å². The van der Waals surface area contributed by atoms with Gasteiger partial charge in [0.2, 0.25) is 0 Å². The minimum absolute atomic E-state index is 0.348. The number of hydrogen-bond acceptors (Lipinski definition) is 2. The topological polar surface area (TPSA) is 12.0 Å². The van der Waals surface area contributed by atoms with Crippen LogP contribution in [0.2, 0.25) is 0 Å². The second-order valence-electron chi connectivity index (χ2n) is 4.94. The molecule has 0 aliphatic carbocycles. The molecule has 1 heterocycles. The zero-order chi connectivity index (χ0) is 13.9. The lowest BCUT2D eigenvalue weighted by Gasteiger charge is -2.14. The molecule has 1 nitrogen and oxygen atoms in total. The Morgan fingerprint density at radius 2 is 1.90 bits per heavy atom. The van der Waals surface area contributed by atoms with Gasteiger partial charge in [-0.05, 0) is 51.3 Å². The number of halogens is 1. The Labute approximate surface area is 131 Å². The van der Waals surface area contributed by atoms with Crippen LogP contribution in [0.15, 0.2) is 58.4 Å². The maximum atomic E-state index is 3.58. The lowest BCUT2D eigenvalue weighted by Crippen LogP contribution is -2.17. The molecule has 0 fully saturated rings. The molecule has 1 unspecified atom stereocenters. The average Bonchev–Trinajstić information content (AvgIpc) is 2.90. The van der Waals surface area contributed by atoms with Crippen molar-refractivity contribution in [2.24, 2.45) is 0 Å². The van der Waals surface area contributed by atoms with Crippen molar-refractivity contribution in [1.29, 1.82) is 0 Å². The van der Waals surface area contributed by atoms with Crippen molar-refractivity contribution >= 4 is 38.0 Å². The highest BCUT2D eigenvalue weighted by atomic mass is 79.9. The van der Waals surface area contributed by atoms with E-state index >= 15 is 0 Å². The highest BCUT2D eigenvalue weighted by molar-refractivity contribution is 9.10. The molecule has 1 atom stereocenters. The molecule has 0 amide bonds. The van der Waals surface area contributed by atoms with E-state index in [1.54, 1.807) is 11.3 Å². The summed E-state index contributed by atoms with van der Waals surface area (Å²) < 4.78 is 1.16. The van der Waals surface area contributed by atoms with E-state index in [0.717, 1.165) is 11.0 Å². The fraction of sp³-hybridized carbons (Fsp3) is 0.176. The monoisotopic (exact) mass is 345 g/mol. The normalized spacial score (nSPS) is 12.7. The zero-order valence-electron chi connectivity index (χ0n) is 11.3. The van der Waals surface area contributed by atoms with Gasteiger partial charge in [0.25, 0.3) is 0 Å². The SMILES string of the molecule is CC(NCc1cc(Br)cs1)c1ccc2ccccc2c1. The molecule has 3 heteroatoms. The lowest BCUT2D eigenvalue weighted by molar-refractivity contribution is 0.579. The average molecular weight is 346 g/mol. The smallest absolute Gasteiger partial charge is 0.0305 e. The van der Waals surface area contributed by atoms with E-state index in [-0.39, 0.29) is 0 Å². The molecule has 0 saturated carbocycles. The second kappa shape index (κ2) is 6.08. The fourth-order valence-corrected chi connectivity index (χ4v) is 3.70. The first-order valence-electron chi connectivity index (χ1n) is 6.67. The Bertz CT molecular complexity index is 720. The van der Waals surface area contributed by atoms with Crippen LogP contribution in [-0.4, -0.2) is 0 Å². The Morgan fingerprint density at radius 3 is 2.65 bits per heavy atom. The van der Waals surface area contributed by atoms with Crippen LogP contribution in [0, 0.1) is 0 Å². The molecule has 0 bridgehead atoms. The van der Waals surface area contributed by atoms with Crippen LogP contribution < -0.4 is 5.32 Å². The molecule has 0 aliphatic rings. The molecule has 0 aliphatic heterocycles. The van der Waals surface area contributed by atoms with Gasteiger partial charge in [-0.1, -0.05) is 36.4 Å². The van der Waals surface area contributed by atoms with Crippen molar-refractivity contribution in [3.63, 3.8) is 0 Å². The van der Waals surface area contributed by atoms with Gasteiger partial charge in [0.05, 0.1) is 0 Å². The molecule has 0 spiro atoms. The third kappa shape index (κ3) is 3.11. The number of benzene rings is 2. The standard InChI is InChI=1S/C17H16BrNS/c1-12(19-10-17-9-16(18)11-20-17)14-7-6-13-4-2-3-5-15(13)8-14/h2-9,11-12,19H,10H2,1H3. The summed E-state index contributed by atoms with van der Waals surface area (Å²) in [7, 11) is 0. The predicted octanol–water partition coefficient (Wildman–Crippen LogP) is 5.51. The number of rotatable bonds is 4. The van der Waals surface area contributed by atoms with E-state index in [1.165, 1.54) is 21.2 Å². The summed E-state index contributed by atoms with van der Waals surface area (Å²) in [4.78, 5) is 1.35. The lowest BCUT2D eigenvalue weighted by atomic mass is 10.0. The third-order valence-corrected chi connectivity index (χ3v) is 5.18. The van der Waals surface area contributed by atoms with Crippen molar-refractivity contribution in [2.75, 3.05) is 0 Å². The molecule has 0 radical (unpaired) electrons. The summed E-state index contributed by atoms with van der Waals surface area (Å²) in [6.45, 7) is 3.12. The minimum atomic E-state index is 0.348. The summed E-state index contributed by atoms with van der Waals surface area (Å²) in [5, 5.41) is 8.31. The minimum Gasteiger partial charge on any atom is -0.305 e. The molecule has 1 N–H and O–H groups in total. The van der Waals surface area contributed by atoms with E-state index in [0.29, 0.717) is 6.04 Å². The van der Waals surface area contributed by atoms with Gasteiger partial charge in [-0.3, -0.25) is 0 Å². The second-order valence-corrected chi connectivity index (χ2v) is 6.85. The highest BCUT2D eigenvalue weighted by Gasteiger charge is 2.06. The summed E-state index contributed by atoms with van der Waals surface area (Å²) in [6.07, 6.45) is 0. The van der Waals surface area contributed by atoms with E-state index in [1.807, 2.05) is 0 Å². The quantitative estimate of drug-likeness (QED) is 0.656. The van der Waals surface area contributed by atoms with Crippen LogP contribution >= 0.6 is 27.3 Å². The molecule has 2 aromatic carbocycles. The van der Waals surface area contributed by atoms with E-state index < -0.39 is 0 Å². The molecular formula is C17H16BrNS. The first kappa shape index (κ1) is 13.8. The molecular weight excluding hydrogens is 330 g/mol. The van der Waals surface area contributed by atoms with Gasteiger partial charge >= 0.3 is 0 Å². The first-order valence-corrected chi connectivity index (χ1v) is 8.34. The summed E-state index contributed by atoms with van der Waals surface area (Å²) in [5.41, 5.74) is 1.33. The molecule has 20 heavy (non-hydrogen) atoms. The van der Waals surface area contributed by atoms with E-state index in [9.17, 15) is 0 Å². The Hall–Kier alpha value is -1.16. The van der Waals surface area contributed by atoms with Crippen LogP contribution in [0.3, 0.4) is 0 Å². The van der Waals surface area contributed by atoms with Crippen molar-refractivity contribution in [2.45, 2.75) is 19.5 Å². The van der Waals surface area contributed by atoms with Crippen LogP contribution in [0.5, 0.6) is 0 Å². The largest absolute Gasteiger partial charge is 0.305 e. The Balaban J connectivity index is 1.73. The van der Waals surface area contributed by atoms with E-state index in [2.05, 4.69) is 82.1 Å². The first-order chi connectivity index (χ1) is 9.72. The van der Waals surface area contributed by atoms with Gasteiger partial charge in [-0.25, -0.2) is 0 Å².